The molecule has 2 rings (SSSR count). The molecular formula is C13H14BrFN2O2S2. The van der Waals surface area contributed by atoms with E-state index in [9.17, 15) is 12.8 Å². The van der Waals surface area contributed by atoms with Gasteiger partial charge in [-0.2, -0.15) is 4.31 Å². The lowest BCUT2D eigenvalue weighted by atomic mass is 10.2. The van der Waals surface area contributed by atoms with Crippen LogP contribution in [0, 0.1) is 12.7 Å². The largest absolute Gasteiger partial charge is 0.396 e. The Labute approximate surface area is 135 Å². The lowest BCUT2D eigenvalue weighted by Gasteiger charge is -2.18. The number of aryl methyl sites for hydroxylation is 1. The summed E-state index contributed by atoms with van der Waals surface area (Å²) in [5, 5.41) is 1.88. The molecule has 1 aromatic carbocycles. The van der Waals surface area contributed by atoms with Crippen LogP contribution in [0.2, 0.25) is 0 Å². The number of hydrogen-bond acceptors (Lipinski definition) is 4. The molecular weight excluding hydrogens is 379 g/mol. The van der Waals surface area contributed by atoms with Crippen molar-refractivity contribution in [2.45, 2.75) is 18.4 Å². The van der Waals surface area contributed by atoms with Crippen LogP contribution in [0.15, 0.2) is 32.3 Å². The molecule has 0 aliphatic rings. The Morgan fingerprint density at radius 3 is 2.62 bits per heavy atom. The summed E-state index contributed by atoms with van der Waals surface area (Å²) >= 11 is 4.82. The first-order valence-corrected chi connectivity index (χ1v) is 9.08. The molecule has 0 spiro atoms. The van der Waals surface area contributed by atoms with Crippen LogP contribution in [0.3, 0.4) is 0 Å². The van der Waals surface area contributed by atoms with Gasteiger partial charge in [0.05, 0.1) is 14.4 Å². The van der Waals surface area contributed by atoms with Crippen molar-refractivity contribution in [1.29, 1.82) is 0 Å². The zero-order valence-electron chi connectivity index (χ0n) is 11.4. The maximum atomic E-state index is 13.4. The summed E-state index contributed by atoms with van der Waals surface area (Å²) in [4.78, 5) is 0.0261. The highest BCUT2D eigenvalue weighted by molar-refractivity contribution is 9.11. The number of nitrogens with zero attached hydrogens (tertiary/aromatic N) is 1. The van der Waals surface area contributed by atoms with Gasteiger partial charge in [0.1, 0.15) is 5.82 Å². The quantitative estimate of drug-likeness (QED) is 0.811. The van der Waals surface area contributed by atoms with Crippen molar-refractivity contribution in [2.24, 2.45) is 0 Å². The van der Waals surface area contributed by atoms with E-state index in [1.807, 2.05) is 11.4 Å². The minimum Gasteiger partial charge on any atom is -0.396 e. The second-order valence-electron chi connectivity index (χ2n) is 4.66. The van der Waals surface area contributed by atoms with Crippen molar-refractivity contribution in [3.8, 4) is 0 Å². The molecule has 0 aliphatic heterocycles. The Morgan fingerprint density at radius 2 is 2.05 bits per heavy atom. The number of nitrogen functional groups attached to an aromatic ring is 1. The van der Waals surface area contributed by atoms with E-state index in [0.29, 0.717) is 5.56 Å². The minimum atomic E-state index is -3.72. The fraction of sp³-hybridized carbons (Fsp3) is 0.231. The predicted molar refractivity (Wildman–Crippen MR) is 86.2 cm³/mol. The molecule has 0 bridgehead atoms. The van der Waals surface area contributed by atoms with E-state index in [1.165, 1.54) is 28.8 Å². The van der Waals surface area contributed by atoms with Gasteiger partial charge in [0, 0.05) is 13.6 Å². The number of hydrogen-bond donors (Lipinski definition) is 1. The van der Waals surface area contributed by atoms with Crippen molar-refractivity contribution >= 4 is 43.0 Å². The van der Waals surface area contributed by atoms with Crippen molar-refractivity contribution in [2.75, 3.05) is 12.8 Å². The Balaban J connectivity index is 2.35. The Bertz CT molecular complexity index is 774. The van der Waals surface area contributed by atoms with Crippen LogP contribution in [0.5, 0.6) is 0 Å². The topological polar surface area (TPSA) is 63.4 Å². The van der Waals surface area contributed by atoms with E-state index >= 15 is 0 Å². The molecule has 1 aromatic heterocycles. The van der Waals surface area contributed by atoms with Crippen LogP contribution >= 0.6 is 27.3 Å². The van der Waals surface area contributed by atoms with E-state index in [4.69, 9.17) is 5.73 Å². The molecule has 0 saturated carbocycles. The van der Waals surface area contributed by atoms with Gasteiger partial charge in [-0.3, -0.25) is 0 Å². The monoisotopic (exact) mass is 392 g/mol. The van der Waals surface area contributed by atoms with Crippen LogP contribution in [0.1, 0.15) is 11.1 Å². The minimum absolute atomic E-state index is 0.0261. The molecule has 0 aliphatic carbocycles. The van der Waals surface area contributed by atoms with Gasteiger partial charge in [-0.05, 0) is 57.6 Å². The fourth-order valence-corrected chi connectivity index (χ4v) is 4.48. The van der Waals surface area contributed by atoms with Crippen LogP contribution in [-0.2, 0) is 16.6 Å². The van der Waals surface area contributed by atoms with E-state index in [2.05, 4.69) is 15.9 Å². The predicted octanol–water partition coefficient (Wildman–Crippen LogP) is 3.36. The smallest absolute Gasteiger partial charge is 0.243 e. The first-order valence-electron chi connectivity index (χ1n) is 5.96. The highest BCUT2D eigenvalue weighted by atomic mass is 79.9. The van der Waals surface area contributed by atoms with Gasteiger partial charge in [0.15, 0.2) is 0 Å². The second kappa shape index (κ2) is 6.04. The molecule has 114 valence electrons. The Kier molecular flexibility index (Phi) is 4.72. The van der Waals surface area contributed by atoms with E-state index < -0.39 is 15.8 Å². The lowest BCUT2D eigenvalue weighted by molar-refractivity contribution is 0.466. The summed E-state index contributed by atoms with van der Waals surface area (Å²) < 4.78 is 40.7. The maximum absolute atomic E-state index is 13.4. The normalized spacial score (nSPS) is 12.0. The van der Waals surface area contributed by atoms with Crippen LogP contribution in [0.4, 0.5) is 10.1 Å². The number of thiophene rings is 1. The van der Waals surface area contributed by atoms with Crippen molar-refractivity contribution in [3.05, 3.63) is 44.3 Å². The second-order valence-corrected chi connectivity index (χ2v) is 8.96. The molecule has 0 radical (unpaired) electrons. The average Bonchev–Trinajstić information content (AvgIpc) is 2.79. The number of rotatable bonds is 4. The number of nitrogens with two attached hydrogens (primary N) is 1. The Hall–Kier alpha value is -0.960. The van der Waals surface area contributed by atoms with Gasteiger partial charge in [0.25, 0.3) is 0 Å². The van der Waals surface area contributed by atoms with Crippen molar-refractivity contribution in [1.82, 2.24) is 4.31 Å². The molecule has 0 fully saturated rings. The Morgan fingerprint density at radius 1 is 1.38 bits per heavy atom. The summed E-state index contributed by atoms with van der Waals surface area (Å²) in [5.41, 5.74) is 6.52. The summed E-state index contributed by atoms with van der Waals surface area (Å²) in [6, 6.07) is 4.17. The van der Waals surface area contributed by atoms with E-state index in [0.717, 1.165) is 15.4 Å². The van der Waals surface area contributed by atoms with Crippen LogP contribution < -0.4 is 5.73 Å². The highest BCUT2D eigenvalue weighted by Crippen LogP contribution is 2.26. The first-order chi connectivity index (χ1) is 9.71. The molecule has 0 unspecified atom stereocenters. The molecule has 2 N–H and O–H groups in total. The van der Waals surface area contributed by atoms with Crippen LogP contribution in [0.25, 0.3) is 0 Å². The third-order valence-electron chi connectivity index (χ3n) is 3.01. The first kappa shape index (κ1) is 16.4. The molecule has 0 atom stereocenters. The van der Waals surface area contributed by atoms with Gasteiger partial charge in [0.2, 0.25) is 10.0 Å². The lowest BCUT2D eigenvalue weighted by Crippen LogP contribution is -2.27. The van der Waals surface area contributed by atoms with Crippen molar-refractivity contribution in [3.63, 3.8) is 0 Å². The molecule has 0 saturated heterocycles. The third-order valence-corrected chi connectivity index (χ3v) is 6.51. The summed E-state index contributed by atoms with van der Waals surface area (Å²) in [6.07, 6.45) is 0. The number of sulfonamides is 1. The van der Waals surface area contributed by atoms with Gasteiger partial charge in [-0.25, -0.2) is 12.8 Å². The number of anilines is 1. The van der Waals surface area contributed by atoms with Gasteiger partial charge < -0.3 is 5.73 Å². The SMILES string of the molecule is Cc1cc(F)c(N)cc1S(=O)(=O)N(C)Cc1csc(Br)c1. The molecule has 4 nitrogen and oxygen atoms in total. The van der Waals surface area contributed by atoms with Gasteiger partial charge >= 0.3 is 0 Å². The number of benzene rings is 1. The fourth-order valence-electron chi connectivity index (χ4n) is 1.89. The third kappa shape index (κ3) is 3.45. The average molecular weight is 393 g/mol. The highest BCUT2D eigenvalue weighted by Gasteiger charge is 2.24. The van der Waals surface area contributed by atoms with Gasteiger partial charge in [-0.15, -0.1) is 11.3 Å². The molecule has 1 heterocycles. The maximum Gasteiger partial charge on any atom is 0.243 e. The van der Waals surface area contributed by atoms with Crippen LogP contribution in [-0.4, -0.2) is 19.8 Å². The van der Waals surface area contributed by atoms with Gasteiger partial charge in [-0.1, -0.05) is 0 Å². The zero-order chi connectivity index (χ0) is 15.8. The van der Waals surface area contributed by atoms with E-state index in [-0.39, 0.29) is 17.1 Å². The summed E-state index contributed by atoms with van der Waals surface area (Å²) in [5.74, 6) is -0.615. The molecule has 0 amide bonds. The standard InChI is InChI=1S/C13H14BrFN2O2S2/c1-8-3-10(15)11(16)5-12(8)21(18,19)17(2)6-9-4-13(14)20-7-9/h3-5,7H,6,16H2,1-2H3. The zero-order valence-corrected chi connectivity index (χ0v) is 14.6. The molecule has 21 heavy (non-hydrogen) atoms. The summed E-state index contributed by atoms with van der Waals surface area (Å²) in [6.45, 7) is 1.78. The summed E-state index contributed by atoms with van der Waals surface area (Å²) in [7, 11) is -2.24. The molecule has 2 aromatic rings. The number of halogens is 2. The van der Waals surface area contributed by atoms with Crippen molar-refractivity contribution < 1.29 is 12.8 Å². The van der Waals surface area contributed by atoms with E-state index in [1.54, 1.807) is 6.92 Å². The molecule has 8 heteroatoms.